The summed E-state index contributed by atoms with van der Waals surface area (Å²) >= 11 is 4.04. The fourth-order valence-electron chi connectivity index (χ4n) is 1.56. The minimum Gasteiger partial charge on any atom is -0.404 e. The molecule has 0 aliphatic heterocycles. The van der Waals surface area contributed by atoms with E-state index in [1.807, 2.05) is 0 Å². The first-order chi connectivity index (χ1) is 9.69. The normalized spacial score (nSPS) is 11.4. The standard InChI is InChI=1S/C10H6BrF3N4O2S/c11-9-18-17-8(21-9)5-3(7(16)19)1-2-4(6(5)15)20-10(12,13)14/h1-2H,15H2,(H2,16,19). The van der Waals surface area contributed by atoms with Crippen LogP contribution in [0, 0.1) is 0 Å². The van der Waals surface area contributed by atoms with Gasteiger partial charge >= 0.3 is 6.36 Å². The Labute approximate surface area is 128 Å². The van der Waals surface area contributed by atoms with Crippen LogP contribution in [0.3, 0.4) is 0 Å². The van der Waals surface area contributed by atoms with Crippen LogP contribution in [0.1, 0.15) is 10.4 Å². The molecule has 1 aromatic carbocycles. The van der Waals surface area contributed by atoms with E-state index in [2.05, 4.69) is 30.9 Å². The molecule has 11 heteroatoms. The molecule has 0 saturated carbocycles. The van der Waals surface area contributed by atoms with Gasteiger partial charge in [0.15, 0.2) is 14.7 Å². The third-order valence-corrected chi connectivity index (χ3v) is 3.68. The lowest BCUT2D eigenvalue weighted by Gasteiger charge is -2.14. The molecule has 4 N–H and O–H groups in total. The molecule has 2 aromatic rings. The van der Waals surface area contributed by atoms with Crippen LogP contribution in [0.25, 0.3) is 10.6 Å². The SMILES string of the molecule is NC(=O)c1ccc(OC(F)(F)F)c(N)c1-c1nnc(Br)s1. The number of aromatic nitrogens is 2. The molecule has 0 radical (unpaired) electrons. The molecule has 1 aromatic heterocycles. The van der Waals surface area contributed by atoms with Crippen LogP contribution in [-0.2, 0) is 0 Å². The van der Waals surface area contributed by atoms with Gasteiger partial charge in [0.1, 0.15) is 0 Å². The summed E-state index contributed by atoms with van der Waals surface area (Å²) in [6.07, 6.45) is -4.92. The molecule has 0 aliphatic carbocycles. The summed E-state index contributed by atoms with van der Waals surface area (Å²) in [7, 11) is 0. The molecule has 0 bridgehead atoms. The van der Waals surface area contributed by atoms with Gasteiger partial charge in [0, 0.05) is 0 Å². The van der Waals surface area contributed by atoms with Crippen molar-refractivity contribution >= 4 is 38.9 Å². The zero-order chi connectivity index (χ0) is 15.8. The number of hydrogen-bond acceptors (Lipinski definition) is 6. The van der Waals surface area contributed by atoms with E-state index in [4.69, 9.17) is 11.5 Å². The van der Waals surface area contributed by atoms with Crippen LogP contribution in [-0.4, -0.2) is 22.5 Å². The first-order valence-electron chi connectivity index (χ1n) is 5.16. The van der Waals surface area contributed by atoms with Gasteiger partial charge in [-0.1, -0.05) is 11.3 Å². The van der Waals surface area contributed by atoms with E-state index in [-0.39, 0.29) is 16.1 Å². The van der Waals surface area contributed by atoms with Crippen LogP contribution in [0.5, 0.6) is 5.75 Å². The number of halogens is 4. The van der Waals surface area contributed by atoms with Crippen LogP contribution in [0.2, 0.25) is 0 Å². The lowest BCUT2D eigenvalue weighted by Crippen LogP contribution is -2.19. The Morgan fingerprint density at radius 1 is 1.33 bits per heavy atom. The summed E-state index contributed by atoms with van der Waals surface area (Å²) in [5.74, 6) is -1.50. The van der Waals surface area contributed by atoms with E-state index in [9.17, 15) is 18.0 Å². The predicted molar refractivity (Wildman–Crippen MR) is 72.7 cm³/mol. The molecule has 0 unspecified atom stereocenters. The van der Waals surface area contributed by atoms with Crippen molar-refractivity contribution in [3.8, 4) is 16.3 Å². The van der Waals surface area contributed by atoms with Crippen LogP contribution in [0.15, 0.2) is 16.0 Å². The monoisotopic (exact) mass is 382 g/mol. The maximum absolute atomic E-state index is 12.3. The number of amides is 1. The highest BCUT2D eigenvalue weighted by molar-refractivity contribution is 9.11. The zero-order valence-electron chi connectivity index (χ0n) is 9.94. The number of nitrogens with two attached hydrogens (primary N) is 2. The summed E-state index contributed by atoms with van der Waals surface area (Å²) in [4.78, 5) is 11.4. The van der Waals surface area contributed by atoms with Gasteiger partial charge in [-0.2, -0.15) is 0 Å². The van der Waals surface area contributed by atoms with Crippen molar-refractivity contribution in [2.75, 3.05) is 5.73 Å². The van der Waals surface area contributed by atoms with Gasteiger partial charge in [0.25, 0.3) is 0 Å². The summed E-state index contributed by atoms with van der Waals surface area (Å²) < 4.78 is 41.1. The van der Waals surface area contributed by atoms with E-state index >= 15 is 0 Å². The predicted octanol–water partition coefficient (Wildman–Crippen LogP) is 2.55. The molecule has 1 amide bonds. The summed E-state index contributed by atoms with van der Waals surface area (Å²) in [6, 6.07) is 2.01. The Morgan fingerprint density at radius 2 is 2.00 bits per heavy atom. The number of anilines is 1. The Bertz CT molecular complexity index is 704. The van der Waals surface area contributed by atoms with Crippen LogP contribution < -0.4 is 16.2 Å². The van der Waals surface area contributed by atoms with Gasteiger partial charge in [0.2, 0.25) is 5.91 Å². The lowest BCUT2D eigenvalue weighted by atomic mass is 10.0. The molecule has 0 saturated heterocycles. The smallest absolute Gasteiger partial charge is 0.404 e. The number of rotatable bonds is 3. The van der Waals surface area contributed by atoms with Crippen molar-refractivity contribution in [3.05, 3.63) is 21.6 Å². The molecule has 0 aliphatic rings. The van der Waals surface area contributed by atoms with Gasteiger partial charge in [-0.3, -0.25) is 4.79 Å². The van der Waals surface area contributed by atoms with Crippen molar-refractivity contribution in [1.29, 1.82) is 0 Å². The zero-order valence-corrected chi connectivity index (χ0v) is 12.3. The van der Waals surface area contributed by atoms with E-state index < -0.39 is 23.7 Å². The van der Waals surface area contributed by atoms with E-state index in [0.29, 0.717) is 3.92 Å². The fraction of sp³-hybridized carbons (Fsp3) is 0.100. The second-order valence-corrected chi connectivity index (χ2v) is 5.93. The molecule has 0 spiro atoms. The topological polar surface area (TPSA) is 104 Å². The minimum absolute atomic E-state index is 0.0487. The number of benzene rings is 1. The van der Waals surface area contributed by atoms with Crippen molar-refractivity contribution in [2.45, 2.75) is 6.36 Å². The minimum atomic E-state index is -4.92. The maximum Gasteiger partial charge on any atom is 0.573 e. The van der Waals surface area contributed by atoms with Crippen molar-refractivity contribution in [1.82, 2.24) is 10.2 Å². The number of primary amides is 1. The Balaban J connectivity index is 2.63. The molecule has 1 heterocycles. The van der Waals surface area contributed by atoms with Crippen LogP contribution in [0.4, 0.5) is 18.9 Å². The summed E-state index contributed by atoms with van der Waals surface area (Å²) in [6.45, 7) is 0. The molecule has 0 fully saturated rings. The number of nitrogen functional groups attached to an aromatic ring is 1. The maximum atomic E-state index is 12.3. The second kappa shape index (κ2) is 5.48. The summed E-state index contributed by atoms with van der Waals surface area (Å²) in [5.41, 5.74) is 10.3. The highest BCUT2D eigenvalue weighted by Gasteiger charge is 2.33. The average Bonchev–Trinajstić information content (AvgIpc) is 2.76. The number of nitrogens with zero attached hydrogens (tertiary/aromatic N) is 2. The molecule has 0 atom stereocenters. The largest absolute Gasteiger partial charge is 0.573 e. The molecular weight excluding hydrogens is 377 g/mol. The third kappa shape index (κ3) is 3.42. The Hall–Kier alpha value is -1.88. The highest BCUT2D eigenvalue weighted by atomic mass is 79.9. The van der Waals surface area contributed by atoms with Gasteiger partial charge in [-0.25, -0.2) is 0 Å². The number of carbonyl (C=O) groups is 1. The average molecular weight is 383 g/mol. The third-order valence-electron chi connectivity index (χ3n) is 2.31. The quantitative estimate of drug-likeness (QED) is 0.793. The number of alkyl halides is 3. The Morgan fingerprint density at radius 3 is 2.48 bits per heavy atom. The van der Waals surface area contributed by atoms with Gasteiger partial charge in [-0.05, 0) is 28.1 Å². The molecular formula is C10H6BrF3N4O2S. The molecule has 2 rings (SSSR count). The van der Waals surface area contributed by atoms with Crippen LogP contribution >= 0.6 is 27.3 Å². The number of ether oxygens (including phenoxy) is 1. The van der Waals surface area contributed by atoms with Gasteiger partial charge in [0.05, 0.1) is 16.8 Å². The highest BCUT2D eigenvalue weighted by Crippen LogP contribution is 2.40. The first kappa shape index (κ1) is 15.5. The van der Waals surface area contributed by atoms with E-state index in [1.54, 1.807) is 0 Å². The Kier molecular flexibility index (Phi) is 4.05. The first-order valence-corrected chi connectivity index (χ1v) is 6.77. The fourth-order valence-corrected chi connectivity index (χ4v) is 2.74. The van der Waals surface area contributed by atoms with Crippen molar-refractivity contribution < 1.29 is 22.7 Å². The van der Waals surface area contributed by atoms with Gasteiger partial charge < -0.3 is 16.2 Å². The molecule has 112 valence electrons. The van der Waals surface area contributed by atoms with Crippen molar-refractivity contribution in [2.24, 2.45) is 5.73 Å². The molecule has 21 heavy (non-hydrogen) atoms. The molecule has 6 nitrogen and oxygen atoms in total. The van der Waals surface area contributed by atoms with E-state index in [1.165, 1.54) is 0 Å². The van der Waals surface area contributed by atoms with E-state index in [0.717, 1.165) is 23.5 Å². The lowest BCUT2D eigenvalue weighted by molar-refractivity contribution is -0.274. The second-order valence-electron chi connectivity index (χ2n) is 3.67. The number of hydrogen-bond donors (Lipinski definition) is 2. The summed E-state index contributed by atoms with van der Waals surface area (Å²) in [5, 5.41) is 7.52. The van der Waals surface area contributed by atoms with Gasteiger partial charge in [-0.15, -0.1) is 23.4 Å². The number of carbonyl (C=O) groups excluding carboxylic acids is 1. The van der Waals surface area contributed by atoms with Crippen molar-refractivity contribution in [3.63, 3.8) is 0 Å².